The number of rotatable bonds is 5. The first-order valence-electron chi connectivity index (χ1n) is 12.7. The largest absolute Gasteiger partial charge is 0.416 e. The molecule has 0 atom stereocenters. The standard InChI is InChI=1S/C29H27F3N6O2/c1-19-6-7-25(35-27(39)20-4-3-5-24(13-20)29(30,31)32)14-26(19)38-18-23(17-34-38)21-12-22(16-33-15-21)28(40)37-10-8-36(2)9-11-37/h3-7,12-18H,8-11H2,1-2H3,(H,35,39). The van der Waals surface area contributed by atoms with Crippen LogP contribution in [0.15, 0.2) is 73.3 Å². The van der Waals surface area contributed by atoms with Gasteiger partial charge in [0, 0.05) is 67.1 Å². The molecule has 1 aliphatic heterocycles. The van der Waals surface area contributed by atoms with Crippen molar-refractivity contribution in [3.63, 3.8) is 0 Å². The number of hydrogen-bond acceptors (Lipinski definition) is 5. The number of nitrogens with zero attached hydrogens (tertiary/aromatic N) is 5. The van der Waals surface area contributed by atoms with Crippen molar-refractivity contribution >= 4 is 17.5 Å². The van der Waals surface area contributed by atoms with Gasteiger partial charge < -0.3 is 15.1 Å². The highest BCUT2D eigenvalue weighted by Crippen LogP contribution is 2.30. The van der Waals surface area contributed by atoms with Crippen LogP contribution < -0.4 is 5.32 Å². The number of carbonyl (C=O) groups is 2. The Morgan fingerprint density at radius 2 is 1.68 bits per heavy atom. The second-order valence-corrected chi connectivity index (χ2v) is 9.77. The van der Waals surface area contributed by atoms with Crippen molar-refractivity contribution in [2.45, 2.75) is 13.1 Å². The van der Waals surface area contributed by atoms with Crippen LogP contribution in [-0.2, 0) is 6.18 Å². The van der Waals surface area contributed by atoms with Gasteiger partial charge in [-0.1, -0.05) is 12.1 Å². The lowest BCUT2D eigenvalue weighted by molar-refractivity contribution is -0.137. The van der Waals surface area contributed by atoms with Gasteiger partial charge in [-0.3, -0.25) is 14.6 Å². The first-order chi connectivity index (χ1) is 19.1. The highest BCUT2D eigenvalue weighted by Gasteiger charge is 2.31. The number of alkyl halides is 3. The van der Waals surface area contributed by atoms with Crippen molar-refractivity contribution in [3.05, 3.63) is 95.6 Å². The van der Waals surface area contributed by atoms with Crippen molar-refractivity contribution in [2.24, 2.45) is 0 Å². The van der Waals surface area contributed by atoms with Crippen LogP contribution in [0.25, 0.3) is 16.8 Å². The summed E-state index contributed by atoms with van der Waals surface area (Å²) >= 11 is 0. The van der Waals surface area contributed by atoms with E-state index >= 15 is 0 Å². The fraction of sp³-hybridized carbons (Fsp3) is 0.241. The Bertz CT molecular complexity index is 1560. The number of aryl methyl sites for hydroxylation is 1. The van der Waals surface area contributed by atoms with E-state index in [9.17, 15) is 22.8 Å². The van der Waals surface area contributed by atoms with Crippen LogP contribution in [-0.4, -0.2) is 69.6 Å². The zero-order valence-corrected chi connectivity index (χ0v) is 21.9. The Kier molecular flexibility index (Phi) is 7.40. The van der Waals surface area contributed by atoms with Crippen molar-refractivity contribution in [1.82, 2.24) is 24.6 Å². The highest BCUT2D eigenvalue weighted by atomic mass is 19.4. The van der Waals surface area contributed by atoms with Gasteiger partial charge in [-0.15, -0.1) is 0 Å². The van der Waals surface area contributed by atoms with Gasteiger partial charge in [-0.05, 0) is 55.9 Å². The summed E-state index contributed by atoms with van der Waals surface area (Å²) in [7, 11) is 2.03. The summed E-state index contributed by atoms with van der Waals surface area (Å²) in [6, 6.07) is 11.2. The normalized spacial score (nSPS) is 14.3. The van der Waals surface area contributed by atoms with E-state index in [2.05, 4.69) is 20.3 Å². The maximum atomic E-state index is 13.1. The molecular formula is C29H27F3N6O2. The lowest BCUT2D eigenvalue weighted by Gasteiger charge is -2.32. The van der Waals surface area contributed by atoms with Crippen molar-refractivity contribution in [2.75, 3.05) is 38.5 Å². The number of benzene rings is 2. The molecule has 4 aromatic rings. The molecule has 0 bridgehead atoms. The molecule has 0 saturated carbocycles. The number of aromatic nitrogens is 3. The first kappa shape index (κ1) is 27.1. The number of hydrogen-bond donors (Lipinski definition) is 1. The minimum Gasteiger partial charge on any atom is -0.336 e. The van der Waals surface area contributed by atoms with Crippen LogP contribution in [0.5, 0.6) is 0 Å². The maximum Gasteiger partial charge on any atom is 0.416 e. The number of piperazine rings is 1. The fourth-order valence-electron chi connectivity index (χ4n) is 4.48. The summed E-state index contributed by atoms with van der Waals surface area (Å²) in [5.74, 6) is -0.718. The van der Waals surface area contributed by atoms with Crippen molar-refractivity contribution < 1.29 is 22.8 Å². The van der Waals surface area contributed by atoms with Crippen LogP contribution in [0.3, 0.4) is 0 Å². The fourth-order valence-corrected chi connectivity index (χ4v) is 4.48. The van der Waals surface area contributed by atoms with Crippen molar-refractivity contribution in [3.8, 4) is 16.8 Å². The molecule has 206 valence electrons. The summed E-state index contributed by atoms with van der Waals surface area (Å²) < 4.78 is 40.8. The van der Waals surface area contributed by atoms with Gasteiger partial charge in [-0.25, -0.2) is 4.68 Å². The summed E-state index contributed by atoms with van der Waals surface area (Å²) in [4.78, 5) is 34.0. The van der Waals surface area contributed by atoms with Crippen LogP contribution in [0.2, 0.25) is 0 Å². The molecule has 1 aliphatic rings. The van der Waals surface area contributed by atoms with Gasteiger partial charge in [0.1, 0.15) is 0 Å². The third-order valence-electron chi connectivity index (χ3n) is 6.86. The average molecular weight is 549 g/mol. The summed E-state index contributed by atoms with van der Waals surface area (Å²) in [5.41, 5.74) is 2.94. The second-order valence-electron chi connectivity index (χ2n) is 9.77. The van der Waals surface area contributed by atoms with Crippen LogP contribution in [0, 0.1) is 6.92 Å². The first-order valence-corrected chi connectivity index (χ1v) is 12.7. The lowest BCUT2D eigenvalue weighted by atomic mass is 10.1. The third-order valence-corrected chi connectivity index (χ3v) is 6.86. The van der Waals surface area contributed by atoms with Gasteiger partial charge in [0.05, 0.1) is 23.0 Å². The van der Waals surface area contributed by atoms with E-state index in [1.54, 1.807) is 53.7 Å². The van der Waals surface area contributed by atoms with E-state index in [4.69, 9.17) is 0 Å². The number of anilines is 1. The smallest absolute Gasteiger partial charge is 0.336 e. The molecule has 3 heterocycles. The number of likely N-dealkylation sites (N-methyl/N-ethyl adjacent to an activating group) is 1. The molecular weight excluding hydrogens is 521 g/mol. The van der Waals surface area contributed by atoms with Crippen LogP contribution >= 0.6 is 0 Å². The third kappa shape index (κ3) is 5.89. The molecule has 40 heavy (non-hydrogen) atoms. The predicted octanol–water partition coefficient (Wildman–Crippen LogP) is 4.90. The topological polar surface area (TPSA) is 83.4 Å². The Balaban J connectivity index is 1.35. The van der Waals surface area contributed by atoms with E-state index < -0.39 is 17.6 Å². The van der Waals surface area contributed by atoms with Crippen LogP contribution in [0.4, 0.5) is 18.9 Å². The zero-order chi connectivity index (χ0) is 28.4. The second kappa shape index (κ2) is 10.9. The van der Waals surface area contributed by atoms with E-state index in [-0.39, 0.29) is 11.5 Å². The monoisotopic (exact) mass is 548 g/mol. The van der Waals surface area contributed by atoms with Gasteiger partial charge in [-0.2, -0.15) is 18.3 Å². The minimum absolute atomic E-state index is 0.0603. The molecule has 0 radical (unpaired) electrons. The number of carbonyl (C=O) groups excluding carboxylic acids is 2. The van der Waals surface area contributed by atoms with Crippen molar-refractivity contribution in [1.29, 1.82) is 0 Å². The van der Waals surface area contributed by atoms with E-state index in [0.29, 0.717) is 30.0 Å². The quantitative estimate of drug-likeness (QED) is 0.384. The highest BCUT2D eigenvalue weighted by molar-refractivity contribution is 6.04. The van der Waals surface area contributed by atoms with E-state index in [0.717, 1.165) is 41.9 Å². The van der Waals surface area contributed by atoms with E-state index in [1.165, 1.54) is 12.1 Å². The molecule has 0 spiro atoms. The molecule has 1 fully saturated rings. The molecule has 0 aliphatic carbocycles. The summed E-state index contributed by atoms with van der Waals surface area (Å²) in [5, 5.41) is 7.13. The SMILES string of the molecule is Cc1ccc(NC(=O)c2cccc(C(F)(F)F)c2)cc1-n1cc(-c2cncc(C(=O)N3CCN(C)CC3)c2)cn1. The lowest BCUT2D eigenvalue weighted by Crippen LogP contribution is -2.47. The number of pyridine rings is 1. The molecule has 2 amide bonds. The predicted molar refractivity (Wildman–Crippen MR) is 144 cm³/mol. The molecule has 1 N–H and O–H groups in total. The Hall–Kier alpha value is -4.51. The van der Waals surface area contributed by atoms with Gasteiger partial charge in [0.25, 0.3) is 11.8 Å². The molecule has 2 aromatic heterocycles. The Labute approximate surface area is 229 Å². The molecule has 0 unspecified atom stereocenters. The number of nitrogens with one attached hydrogen (secondary N) is 1. The Morgan fingerprint density at radius 1 is 0.900 bits per heavy atom. The number of halogens is 3. The summed E-state index contributed by atoms with van der Waals surface area (Å²) in [6.07, 6.45) is 2.14. The summed E-state index contributed by atoms with van der Waals surface area (Å²) in [6.45, 7) is 4.86. The number of amides is 2. The van der Waals surface area contributed by atoms with E-state index in [1.807, 2.05) is 18.9 Å². The van der Waals surface area contributed by atoms with Gasteiger partial charge in [0.2, 0.25) is 0 Å². The average Bonchev–Trinajstić information content (AvgIpc) is 3.44. The van der Waals surface area contributed by atoms with Crippen LogP contribution in [0.1, 0.15) is 31.8 Å². The van der Waals surface area contributed by atoms with Gasteiger partial charge >= 0.3 is 6.18 Å². The molecule has 8 nitrogen and oxygen atoms in total. The maximum absolute atomic E-state index is 13.1. The minimum atomic E-state index is -4.54. The molecule has 11 heteroatoms. The molecule has 1 saturated heterocycles. The molecule has 2 aromatic carbocycles. The Morgan fingerprint density at radius 3 is 2.42 bits per heavy atom. The zero-order valence-electron chi connectivity index (χ0n) is 21.9. The molecule has 5 rings (SSSR count). The van der Waals surface area contributed by atoms with Gasteiger partial charge in [0.15, 0.2) is 0 Å².